The molecule has 0 radical (unpaired) electrons. The van der Waals surface area contributed by atoms with Gasteiger partial charge >= 0.3 is 0 Å². The molecular weight excluding hydrogens is 390 g/mol. The molecule has 2 amide bonds. The van der Waals surface area contributed by atoms with Crippen molar-refractivity contribution in [2.45, 2.75) is 31.2 Å². The highest BCUT2D eigenvalue weighted by atomic mass is 32.2. The second-order valence-corrected chi connectivity index (χ2v) is 9.16. The molecule has 1 aliphatic rings. The van der Waals surface area contributed by atoms with Crippen molar-refractivity contribution in [3.8, 4) is 0 Å². The topological polar surface area (TPSA) is 86.8 Å². The predicted octanol–water partition coefficient (Wildman–Crippen LogP) is 2.25. The van der Waals surface area contributed by atoms with E-state index in [1.54, 1.807) is 45.0 Å². The molecule has 1 fully saturated rings. The second-order valence-electron chi connectivity index (χ2n) is 7.30. The molecule has 0 saturated carbocycles. The summed E-state index contributed by atoms with van der Waals surface area (Å²) in [4.78, 5) is 26.6. The number of rotatable bonds is 5. The van der Waals surface area contributed by atoms with Gasteiger partial charge in [-0.2, -0.15) is 0 Å². The summed E-state index contributed by atoms with van der Waals surface area (Å²) in [6.45, 7) is 6.22. The highest BCUT2D eigenvalue weighted by Crippen LogP contribution is 2.25. The second kappa shape index (κ2) is 7.87. The summed E-state index contributed by atoms with van der Waals surface area (Å²) < 4.78 is 27.5. The zero-order chi connectivity index (χ0) is 21.2. The van der Waals surface area contributed by atoms with Gasteiger partial charge < -0.3 is 10.2 Å². The predicted molar refractivity (Wildman–Crippen MR) is 111 cm³/mol. The van der Waals surface area contributed by atoms with Crippen LogP contribution in [0, 0.1) is 0 Å². The van der Waals surface area contributed by atoms with E-state index < -0.39 is 15.6 Å². The zero-order valence-electron chi connectivity index (χ0n) is 16.8. The number of amides is 2. The van der Waals surface area contributed by atoms with Crippen LogP contribution in [-0.4, -0.2) is 50.3 Å². The van der Waals surface area contributed by atoms with Crippen LogP contribution in [0.3, 0.4) is 0 Å². The molecule has 8 heteroatoms. The summed E-state index contributed by atoms with van der Waals surface area (Å²) in [5, 5.41) is 2.75. The van der Waals surface area contributed by atoms with Gasteiger partial charge in [0.25, 0.3) is 15.9 Å². The van der Waals surface area contributed by atoms with Gasteiger partial charge in [-0.15, -0.1) is 0 Å². The Morgan fingerprint density at radius 3 is 2.31 bits per heavy atom. The lowest BCUT2D eigenvalue weighted by Gasteiger charge is -2.41. The number of hydrogen-bond donors (Lipinski definition) is 1. The fraction of sp³-hybridized carbons (Fsp3) is 0.333. The molecule has 0 spiro atoms. The van der Waals surface area contributed by atoms with Crippen molar-refractivity contribution in [1.82, 2.24) is 10.2 Å². The largest absolute Gasteiger partial charge is 0.352 e. The molecule has 0 unspecified atom stereocenters. The minimum atomic E-state index is -3.76. The van der Waals surface area contributed by atoms with Crippen LogP contribution in [0.5, 0.6) is 0 Å². The van der Waals surface area contributed by atoms with Crippen LogP contribution in [-0.2, 0) is 14.8 Å². The van der Waals surface area contributed by atoms with Crippen molar-refractivity contribution in [3.05, 3.63) is 60.2 Å². The van der Waals surface area contributed by atoms with E-state index in [1.807, 2.05) is 6.07 Å². The summed E-state index contributed by atoms with van der Waals surface area (Å²) in [5.74, 6) is -0.512. The first kappa shape index (κ1) is 20.9. The number of nitrogens with zero attached hydrogens (tertiary/aromatic N) is 2. The Labute approximate surface area is 171 Å². The van der Waals surface area contributed by atoms with E-state index in [9.17, 15) is 18.0 Å². The molecule has 0 bridgehead atoms. The molecule has 1 heterocycles. The lowest BCUT2D eigenvalue weighted by molar-refractivity contribution is -0.133. The van der Waals surface area contributed by atoms with E-state index in [0.29, 0.717) is 24.3 Å². The van der Waals surface area contributed by atoms with Crippen molar-refractivity contribution < 1.29 is 18.0 Å². The summed E-state index contributed by atoms with van der Waals surface area (Å²) in [7, 11) is -3.76. The molecule has 154 valence electrons. The first-order chi connectivity index (χ1) is 13.7. The third-order valence-corrected chi connectivity index (χ3v) is 7.03. The Bertz CT molecular complexity index is 1000. The molecule has 0 aromatic heterocycles. The number of anilines is 1. The number of sulfonamides is 1. The normalized spacial score (nSPS) is 16.2. The molecule has 29 heavy (non-hydrogen) atoms. The number of para-hydroxylation sites is 1. The van der Waals surface area contributed by atoms with E-state index in [0.717, 1.165) is 0 Å². The van der Waals surface area contributed by atoms with Crippen LogP contribution in [0.4, 0.5) is 5.69 Å². The Balaban J connectivity index is 1.88. The minimum Gasteiger partial charge on any atom is -0.352 e. The van der Waals surface area contributed by atoms with Crippen molar-refractivity contribution in [2.24, 2.45) is 0 Å². The average Bonchev–Trinajstić information content (AvgIpc) is 2.71. The lowest BCUT2D eigenvalue weighted by Crippen LogP contribution is -2.63. The minimum absolute atomic E-state index is 0.107. The number of carbonyl (C=O) groups is 2. The highest BCUT2D eigenvalue weighted by Gasteiger charge is 2.40. The molecular formula is C21H25N3O4S. The monoisotopic (exact) mass is 415 g/mol. The van der Waals surface area contributed by atoms with Crippen molar-refractivity contribution in [1.29, 1.82) is 0 Å². The molecule has 1 saturated heterocycles. The standard InChI is InChI=1S/C21H25N3O4S/c1-4-24(17-8-6-5-7-9-17)29(27,28)18-12-10-16(11-13-18)19(25)23-15-14-22-20(26)21(23,2)3/h5-13H,4,14-15H2,1-3H3,(H,22,26). The summed E-state index contributed by atoms with van der Waals surface area (Å²) in [6.07, 6.45) is 0. The maximum atomic E-state index is 13.1. The molecule has 1 aliphatic heterocycles. The van der Waals surface area contributed by atoms with Crippen molar-refractivity contribution in [2.75, 3.05) is 23.9 Å². The fourth-order valence-corrected chi connectivity index (χ4v) is 4.87. The fourth-order valence-electron chi connectivity index (χ4n) is 3.39. The van der Waals surface area contributed by atoms with Crippen LogP contribution >= 0.6 is 0 Å². The van der Waals surface area contributed by atoms with Gasteiger partial charge in [0.15, 0.2) is 0 Å². The third-order valence-electron chi connectivity index (χ3n) is 5.12. The number of piperazine rings is 1. The maximum absolute atomic E-state index is 13.1. The molecule has 7 nitrogen and oxygen atoms in total. The number of hydrogen-bond acceptors (Lipinski definition) is 4. The zero-order valence-corrected chi connectivity index (χ0v) is 17.6. The Morgan fingerprint density at radius 2 is 1.72 bits per heavy atom. The summed E-state index contributed by atoms with van der Waals surface area (Å²) in [6, 6.07) is 14.7. The SMILES string of the molecule is CCN(c1ccccc1)S(=O)(=O)c1ccc(C(=O)N2CCNC(=O)C2(C)C)cc1. The van der Waals surface area contributed by atoms with Crippen molar-refractivity contribution in [3.63, 3.8) is 0 Å². The van der Waals surface area contributed by atoms with E-state index >= 15 is 0 Å². The van der Waals surface area contributed by atoms with Gasteiger partial charge in [0.2, 0.25) is 5.91 Å². The molecule has 2 aromatic carbocycles. The Morgan fingerprint density at radius 1 is 1.10 bits per heavy atom. The van der Waals surface area contributed by atoms with E-state index in [2.05, 4.69) is 5.32 Å². The van der Waals surface area contributed by atoms with Gasteiger partial charge in [0.05, 0.1) is 10.6 Å². The van der Waals surface area contributed by atoms with Crippen LogP contribution in [0.15, 0.2) is 59.5 Å². The molecule has 1 N–H and O–H groups in total. The Hall–Kier alpha value is -2.87. The van der Waals surface area contributed by atoms with Crippen molar-refractivity contribution >= 4 is 27.5 Å². The summed E-state index contributed by atoms with van der Waals surface area (Å²) in [5.41, 5.74) is -0.0439. The van der Waals surface area contributed by atoms with Crippen LogP contribution in [0.25, 0.3) is 0 Å². The van der Waals surface area contributed by atoms with Gasteiger partial charge in [-0.1, -0.05) is 18.2 Å². The van der Waals surface area contributed by atoms with Crippen LogP contribution in [0.2, 0.25) is 0 Å². The molecule has 0 atom stereocenters. The number of benzene rings is 2. The van der Waals surface area contributed by atoms with Crippen LogP contribution < -0.4 is 9.62 Å². The quantitative estimate of drug-likeness (QED) is 0.812. The molecule has 2 aromatic rings. The van der Waals surface area contributed by atoms with E-state index in [1.165, 1.54) is 33.5 Å². The summed E-state index contributed by atoms with van der Waals surface area (Å²) >= 11 is 0. The van der Waals surface area contributed by atoms with Gasteiger partial charge in [-0.3, -0.25) is 13.9 Å². The first-order valence-electron chi connectivity index (χ1n) is 9.47. The number of nitrogens with one attached hydrogen (secondary N) is 1. The molecule has 0 aliphatic carbocycles. The number of carbonyl (C=O) groups excluding carboxylic acids is 2. The van der Waals surface area contributed by atoms with Gasteiger partial charge in [0, 0.05) is 25.2 Å². The first-order valence-corrected chi connectivity index (χ1v) is 10.9. The van der Waals surface area contributed by atoms with Crippen LogP contribution in [0.1, 0.15) is 31.1 Å². The van der Waals surface area contributed by atoms with Gasteiger partial charge in [-0.05, 0) is 57.2 Å². The maximum Gasteiger partial charge on any atom is 0.264 e. The van der Waals surface area contributed by atoms with Gasteiger partial charge in [0.1, 0.15) is 5.54 Å². The average molecular weight is 416 g/mol. The molecule has 3 rings (SSSR count). The highest BCUT2D eigenvalue weighted by molar-refractivity contribution is 7.92. The lowest BCUT2D eigenvalue weighted by atomic mass is 9.97. The van der Waals surface area contributed by atoms with Gasteiger partial charge in [-0.25, -0.2) is 8.42 Å². The third kappa shape index (κ3) is 3.85. The Kier molecular flexibility index (Phi) is 5.66. The smallest absolute Gasteiger partial charge is 0.264 e. The van der Waals surface area contributed by atoms with E-state index in [-0.39, 0.29) is 23.3 Å². The van der Waals surface area contributed by atoms with E-state index in [4.69, 9.17) is 0 Å².